The van der Waals surface area contributed by atoms with Crippen molar-refractivity contribution in [2.45, 2.75) is 148 Å². The van der Waals surface area contributed by atoms with Gasteiger partial charge in [-0.05, 0) is 83.5 Å². The Morgan fingerprint density at radius 3 is 1.47 bits per heavy atom. The number of phosphoric acid groups is 1. The molecular weight excluding hydrogens is 750 g/mol. The summed E-state index contributed by atoms with van der Waals surface area (Å²) < 4.78 is 34.2. The van der Waals surface area contributed by atoms with Crippen molar-refractivity contribution in [2.24, 2.45) is 0 Å². The van der Waals surface area contributed by atoms with E-state index < -0.39 is 32.5 Å². The molecule has 0 bridgehead atoms. The van der Waals surface area contributed by atoms with Crippen LogP contribution in [0.4, 0.5) is 0 Å². The highest BCUT2D eigenvalue weighted by Crippen LogP contribution is 2.43. The topological polar surface area (TPSA) is 108 Å². The standard InChI is InChI=1S/C48H80NO8P/c1-6-8-10-12-14-16-18-20-22-24-26-28-30-32-34-36-38-40-47(50)54-44-46(45-56-58(52,53)55-43-42-49(3,4)5)57-48(51)41-39-37-35-33-31-29-27-25-23-21-19-17-15-13-11-9-7-2/h9,11,15,17,20-23,26-29,32-35,46H,6-8,10,12-14,16,18-19,24-25,30-31,36-45H2,1-5H3/p+1/b11-9+,17-15+,22-20+,23-21+,28-26+,29-27+,34-32+,35-33+/t46-/m1/s1. The van der Waals surface area contributed by atoms with Crippen LogP contribution in [0.15, 0.2) is 97.2 Å². The maximum atomic E-state index is 12.7. The zero-order valence-corrected chi connectivity index (χ0v) is 37.9. The summed E-state index contributed by atoms with van der Waals surface area (Å²) in [6.45, 7) is 4.15. The number of quaternary nitrogens is 1. The first-order valence-electron chi connectivity index (χ1n) is 22.0. The van der Waals surface area contributed by atoms with E-state index in [-0.39, 0.29) is 26.1 Å². The zero-order chi connectivity index (χ0) is 42.8. The first-order chi connectivity index (χ1) is 28.0. The molecule has 0 saturated heterocycles. The van der Waals surface area contributed by atoms with E-state index in [4.69, 9.17) is 18.5 Å². The van der Waals surface area contributed by atoms with Crippen molar-refractivity contribution in [1.29, 1.82) is 0 Å². The van der Waals surface area contributed by atoms with E-state index in [9.17, 15) is 19.0 Å². The van der Waals surface area contributed by atoms with Gasteiger partial charge in [-0.3, -0.25) is 18.6 Å². The Kier molecular flexibility index (Phi) is 37.3. The van der Waals surface area contributed by atoms with E-state index in [1.807, 2.05) is 27.2 Å². The average molecular weight is 831 g/mol. The summed E-state index contributed by atoms with van der Waals surface area (Å²) >= 11 is 0. The van der Waals surface area contributed by atoms with Crippen molar-refractivity contribution < 1.29 is 42.1 Å². The van der Waals surface area contributed by atoms with E-state index in [0.29, 0.717) is 30.3 Å². The van der Waals surface area contributed by atoms with Gasteiger partial charge in [0.15, 0.2) is 6.10 Å². The van der Waals surface area contributed by atoms with Crippen LogP contribution in [0.2, 0.25) is 0 Å². The lowest BCUT2D eigenvalue weighted by molar-refractivity contribution is -0.870. The highest BCUT2D eigenvalue weighted by molar-refractivity contribution is 7.47. The van der Waals surface area contributed by atoms with Gasteiger partial charge in [0.1, 0.15) is 19.8 Å². The summed E-state index contributed by atoms with van der Waals surface area (Å²) in [7, 11) is 1.40. The number of carbonyl (C=O) groups is 2. The second kappa shape index (κ2) is 39.4. The molecular formula is C48H81NO8P+. The van der Waals surface area contributed by atoms with Gasteiger partial charge in [-0.25, -0.2) is 4.57 Å². The number of allylic oxidation sites excluding steroid dienone is 16. The molecule has 0 heterocycles. The van der Waals surface area contributed by atoms with E-state index in [0.717, 1.165) is 57.8 Å². The lowest BCUT2D eigenvalue weighted by Crippen LogP contribution is -2.37. The number of ether oxygens (including phenoxy) is 2. The highest BCUT2D eigenvalue weighted by Gasteiger charge is 2.27. The molecule has 330 valence electrons. The Morgan fingerprint density at radius 1 is 0.552 bits per heavy atom. The molecule has 0 aromatic carbocycles. The maximum Gasteiger partial charge on any atom is 0.472 e. The van der Waals surface area contributed by atoms with E-state index in [1.54, 1.807) is 0 Å². The largest absolute Gasteiger partial charge is 0.472 e. The second-order valence-corrected chi connectivity index (χ2v) is 16.8. The maximum absolute atomic E-state index is 12.7. The van der Waals surface area contributed by atoms with Gasteiger partial charge in [0.05, 0.1) is 27.7 Å². The van der Waals surface area contributed by atoms with Gasteiger partial charge in [-0.15, -0.1) is 0 Å². The molecule has 2 atom stereocenters. The number of hydrogen-bond acceptors (Lipinski definition) is 7. The molecule has 0 fully saturated rings. The van der Waals surface area contributed by atoms with Crippen LogP contribution in [0.25, 0.3) is 0 Å². The van der Waals surface area contributed by atoms with Crippen LogP contribution in [-0.4, -0.2) is 74.9 Å². The second-order valence-electron chi connectivity index (χ2n) is 15.3. The van der Waals surface area contributed by atoms with E-state index in [2.05, 4.69) is 105 Å². The number of nitrogens with zero attached hydrogens (tertiary/aromatic N) is 1. The van der Waals surface area contributed by atoms with Gasteiger partial charge in [0.25, 0.3) is 0 Å². The van der Waals surface area contributed by atoms with Crippen molar-refractivity contribution in [3.63, 3.8) is 0 Å². The summed E-state index contributed by atoms with van der Waals surface area (Å²) in [5.74, 6) is -0.939. The Hall–Kier alpha value is -3.07. The van der Waals surface area contributed by atoms with Crippen LogP contribution >= 0.6 is 7.82 Å². The molecule has 58 heavy (non-hydrogen) atoms. The molecule has 0 saturated carbocycles. The average Bonchev–Trinajstić information content (AvgIpc) is 3.17. The van der Waals surface area contributed by atoms with Crippen LogP contribution in [0.5, 0.6) is 0 Å². The predicted molar refractivity (Wildman–Crippen MR) is 242 cm³/mol. The van der Waals surface area contributed by atoms with Gasteiger partial charge in [0, 0.05) is 12.8 Å². The lowest BCUT2D eigenvalue weighted by atomic mass is 10.1. The molecule has 1 N–H and O–H groups in total. The minimum absolute atomic E-state index is 0.00789. The summed E-state index contributed by atoms with van der Waals surface area (Å²) in [5.41, 5.74) is 0. The summed E-state index contributed by atoms with van der Waals surface area (Å²) in [4.78, 5) is 35.3. The van der Waals surface area contributed by atoms with Crippen molar-refractivity contribution in [3.05, 3.63) is 97.2 Å². The first kappa shape index (κ1) is 54.9. The number of carbonyl (C=O) groups excluding carboxylic acids is 2. The van der Waals surface area contributed by atoms with Gasteiger partial charge in [-0.2, -0.15) is 0 Å². The number of esters is 2. The van der Waals surface area contributed by atoms with Crippen LogP contribution in [0, 0.1) is 0 Å². The third kappa shape index (κ3) is 42.5. The summed E-state index contributed by atoms with van der Waals surface area (Å²) in [6.07, 6.45) is 51.9. The normalized spacial score (nSPS) is 14.5. The molecule has 0 amide bonds. The smallest absolute Gasteiger partial charge is 0.462 e. The zero-order valence-electron chi connectivity index (χ0n) is 37.0. The molecule has 0 aliphatic rings. The minimum atomic E-state index is -4.41. The number of unbranched alkanes of at least 4 members (excludes halogenated alkanes) is 8. The van der Waals surface area contributed by atoms with Gasteiger partial charge >= 0.3 is 19.8 Å². The SMILES string of the molecule is CC/C=C/C/C=C/C/C=C/C/C=C/C/C=C/CCCC(=O)O[C@H](COC(=O)CCC/C=C/C/C=C/C/C=C/CCCCCCCC)COP(=O)(O)OCC[N+](C)(C)C. The fraction of sp³-hybridized carbons (Fsp3) is 0.625. The summed E-state index contributed by atoms with van der Waals surface area (Å²) in [5, 5.41) is 0. The number of phosphoric ester groups is 1. The van der Waals surface area contributed by atoms with E-state index in [1.165, 1.54) is 38.5 Å². The van der Waals surface area contributed by atoms with Gasteiger partial charge < -0.3 is 18.9 Å². The van der Waals surface area contributed by atoms with Gasteiger partial charge in [0.2, 0.25) is 0 Å². The Bertz CT molecular complexity index is 1300. The summed E-state index contributed by atoms with van der Waals surface area (Å²) in [6, 6.07) is 0. The van der Waals surface area contributed by atoms with Crippen LogP contribution < -0.4 is 0 Å². The first-order valence-corrected chi connectivity index (χ1v) is 23.5. The monoisotopic (exact) mass is 831 g/mol. The molecule has 9 nitrogen and oxygen atoms in total. The fourth-order valence-electron chi connectivity index (χ4n) is 5.18. The van der Waals surface area contributed by atoms with Crippen molar-refractivity contribution in [3.8, 4) is 0 Å². The van der Waals surface area contributed by atoms with E-state index >= 15 is 0 Å². The number of rotatable bonds is 38. The Labute approximate surface area is 353 Å². The van der Waals surface area contributed by atoms with Crippen molar-refractivity contribution in [1.82, 2.24) is 0 Å². The van der Waals surface area contributed by atoms with Crippen LogP contribution in [-0.2, 0) is 32.7 Å². The molecule has 0 rings (SSSR count). The third-order valence-corrected chi connectivity index (χ3v) is 9.58. The van der Waals surface area contributed by atoms with Gasteiger partial charge in [-0.1, -0.05) is 143 Å². The van der Waals surface area contributed by atoms with Crippen molar-refractivity contribution >= 4 is 19.8 Å². The Balaban J connectivity index is 4.57. The molecule has 0 aromatic rings. The third-order valence-electron chi connectivity index (χ3n) is 8.60. The molecule has 0 radical (unpaired) electrons. The Morgan fingerprint density at radius 2 is 0.983 bits per heavy atom. The van der Waals surface area contributed by atoms with Crippen LogP contribution in [0.3, 0.4) is 0 Å². The molecule has 0 spiro atoms. The molecule has 0 aliphatic carbocycles. The predicted octanol–water partition coefficient (Wildman–Crippen LogP) is 12.6. The minimum Gasteiger partial charge on any atom is -0.462 e. The fourth-order valence-corrected chi connectivity index (χ4v) is 5.92. The molecule has 10 heteroatoms. The van der Waals surface area contributed by atoms with Crippen molar-refractivity contribution in [2.75, 3.05) is 47.5 Å². The molecule has 1 unspecified atom stereocenters. The number of likely N-dealkylation sites (N-methyl/N-ethyl adjacent to an activating group) is 1. The molecule has 0 aliphatic heterocycles. The quantitative estimate of drug-likeness (QED) is 0.0215. The number of hydrogen-bond donors (Lipinski definition) is 1. The molecule has 0 aromatic heterocycles. The lowest BCUT2D eigenvalue weighted by Gasteiger charge is -2.24. The van der Waals surface area contributed by atoms with Crippen LogP contribution in [0.1, 0.15) is 142 Å². The highest BCUT2D eigenvalue weighted by atomic mass is 31.2.